The maximum atomic E-state index is 13.0. The molecule has 0 radical (unpaired) electrons. The molecule has 4 rings (SSSR count). The second kappa shape index (κ2) is 7.99. The molecule has 1 unspecified atom stereocenters. The molecule has 2 amide bonds. The zero-order valence-electron chi connectivity index (χ0n) is 16.3. The van der Waals surface area contributed by atoms with E-state index in [-0.39, 0.29) is 30.1 Å². The number of nitrogens with one attached hydrogen (secondary N) is 1. The van der Waals surface area contributed by atoms with E-state index in [9.17, 15) is 14.0 Å². The van der Waals surface area contributed by atoms with E-state index < -0.39 is 5.25 Å². The van der Waals surface area contributed by atoms with Crippen LogP contribution in [0.2, 0.25) is 0 Å². The topological polar surface area (TPSA) is 61.8 Å². The van der Waals surface area contributed by atoms with Crippen LogP contribution in [0, 0.1) is 19.7 Å². The summed E-state index contributed by atoms with van der Waals surface area (Å²) in [7, 11) is 0. The van der Waals surface area contributed by atoms with Crippen molar-refractivity contribution in [2.45, 2.75) is 44.4 Å². The van der Waals surface area contributed by atoms with Gasteiger partial charge in [-0.15, -0.1) is 0 Å². The summed E-state index contributed by atoms with van der Waals surface area (Å²) in [6.45, 7) is 4.03. The molecule has 2 fully saturated rings. The summed E-state index contributed by atoms with van der Waals surface area (Å²) in [5, 5.41) is 2.90. The van der Waals surface area contributed by atoms with Gasteiger partial charge in [0, 0.05) is 18.2 Å². The van der Waals surface area contributed by atoms with E-state index in [1.165, 1.54) is 36.0 Å². The normalized spacial score (nSPS) is 20.4. The van der Waals surface area contributed by atoms with E-state index in [1.807, 2.05) is 26.0 Å². The number of benzene rings is 2. The number of anilines is 1. The van der Waals surface area contributed by atoms with Crippen LogP contribution in [0.25, 0.3) is 0 Å². The van der Waals surface area contributed by atoms with Crippen LogP contribution in [-0.2, 0) is 9.59 Å². The van der Waals surface area contributed by atoms with Crippen molar-refractivity contribution >= 4 is 40.1 Å². The third-order valence-corrected chi connectivity index (χ3v) is 6.10. The fourth-order valence-corrected chi connectivity index (χ4v) is 4.52. The maximum Gasteiger partial charge on any atom is 0.242 e. The number of carbonyl (C=O) groups excluding carboxylic acids is 2. The Kier molecular flexibility index (Phi) is 5.41. The van der Waals surface area contributed by atoms with Crippen LogP contribution in [0.4, 0.5) is 15.8 Å². The number of aliphatic imine (C=N–C) groups is 1. The predicted octanol–water partition coefficient (Wildman–Crippen LogP) is 4.57. The van der Waals surface area contributed by atoms with Gasteiger partial charge in [-0.3, -0.25) is 14.5 Å². The first-order valence-electron chi connectivity index (χ1n) is 9.62. The average Bonchev–Trinajstić information content (AvgIpc) is 3.45. The summed E-state index contributed by atoms with van der Waals surface area (Å²) in [4.78, 5) is 31.9. The van der Waals surface area contributed by atoms with Gasteiger partial charge < -0.3 is 5.32 Å². The first kappa shape index (κ1) is 19.6. The lowest BCUT2D eigenvalue weighted by Gasteiger charge is -2.15. The smallest absolute Gasteiger partial charge is 0.242 e. The lowest BCUT2D eigenvalue weighted by atomic mass is 10.1. The zero-order chi connectivity index (χ0) is 20.5. The van der Waals surface area contributed by atoms with Crippen molar-refractivity contribution in [2.24, 2.45) is 4.99 Å². The molecule has 0 spiro atoms. The second-order valence-corrected chi connectivity index (χ2v) is 8.66. The van der Waals surface area contributed by atoms with Gasteiger partial charge in [-0.2, -0.15) is 0 Å². The van der Waals surface area contributed by atoms with Crippen molar-refractivity contribution in [1.29, 1.82) is 0 Å². The third-order valence-electron chi connectivity index (χ3n) is 4.95. The van der Waals surface area contributed by atoms with Gasteiger partial charge in [0.1, 0.15) is 11.1 Å². The van der Waals surface area contributed by atoms with Crippen molar-refractivity contribution in [3.63, 3.8) is 0 Å². The summed E-state index contributed by atoms with van der Waals surface area (Å²) in [6, 6.07) is 11.8. The molecule has 1 aliphatic carbocycles. The summed E-state index contributed by atoms with van der Waals surface area (Å²) in [5.41, 5.74) is 3.57. The van der Waals surface area contributed by atoms with Crippen LogP contribution < -0.4 is 5.32 Å². The largest absolute Gasteiger partial charge is 0.326 e. The fourth-order valence-electron chi connectivity index (χ4n) is 3.31. The molecule has 1 aliphatic heterocycles. The minimum absolute atomic E-state index is 0.0516. The molecule has 1 N–H and O–H groups in total. The minimum Gasteiger partial charge on any atom is -0.326 e. The van der Waals surface area contributed by atoms with Crippen LogP contribution in [0.15, 0.2) is 47.5 Å². The van der Waals surface area contributed by atoms with Gasteiger partial charge in [-0.25, -0.2) is 9.38 Å². The monoisotopic (exact) mass is 411 g/mol. The molecule has 0 aromatic heterocycles. The Morgan fingerprint density at radius 2 is 1.93 bits per heavy atom. The molecule has 1 heterocycles. The molecule has 1 saturated heterocycles. The molecule has 1 atom stereocenters. The number of hydrogen-bond donors (Lipinski definition) is 1. The molecule has 2 aromatic rings. The van der Waals surface area contributed by atoms with Crippen molar-refractivity contribution in [1.82, 2.24) is 4.90 Å². The second-order valence-electron chi connectivity index (χ2n) is 7.49. The van der Waals surface area contributed by atoms with Gasteiger partial charge in [0.05, 0.1) is 5.69 Å². The van der Waals surface area contributed by atoms with E-state index >= 15 is 0 Å². The average molecular weight is 412 g/mol. The number of rotatable bonds is 5. The molecule has 1 saturated carbocycles. The molecule has 0 bridgehead atoms. The third kappa shape index (κ3) is 4.50. The van der Waals surface area contributed by atoms with Crippen LogP contribution in [-0.4, -0.2) is 33.2 Å². The van der Waals surface area contributed by atoms with Crippen LogP contribution in [0.5, 0.6) is 0 Å². The minimum atomic E-state index is -0.499. The number of carbonyl (C=O) groups is 2. The predicted molar refractivity (Wildman–Crippen MR) is 114 cm³/mol. The highest BCUT2D eigenvalue weighted by Crippen LogP contribution is 2.39. The van der Waals surface area contributed by atoms with Crippen LogP contribution in [0.1, 0.15) is 30.4 Å². The summed E-state index contributed by atoms with van der Waals surface area (Å²) in [6.07, 6.45) is 1.98. The highest BCUT2D eigenvalue weighted by Gasteiger charge is 2.46. The van der Waals surface area contributed by atoms with E-state index in [1.54, 1.807) is 4.90 Å². The van der Waals surface area contributed by atoms with E-state index in [0.29, 0.717) is 10.9 Å². The number of hydrogen-bond acceptors (Lipinski definition) is 4. The Morgan fingerprint density at radius 3 is 2.59 bits per heavy atom. The van der Waals surface area contributed by atoms with E-state index in [0.717, 1.165) is 29.7 Å². The number of aryl methyl sites for hydroxylation is 2. The van der Waals surface area contributed by atoms with Gasteiger partial charge in [0.25, 0.3) is 0 Å². The molecule has 2 aliphatic rings. The number of thioether (sulfide) groups is 1. The molecular formula is C22H22FN3O2S. The summed E-state index contributed by atoms with van der Waals surface area (Å²) in [5.74, 6) is -0.696. The molecule has 7 heteroatoms. The van der Waals surface area contributed by atoms with Gasteiger partial charge in [-0.05, 0) is 62.6 Å². The van der Waals surface area contributed by atoms with Gasteiger partial charge in [-0.1, -0.05) is 29.5 Å². The maximum absolute atomic E-state index is 13.0. The van der Waals surface area contributed by atoms with Crippen LogP contribution >= 0.6 is 11.8 Å². The molecule has 2 aromatic carbocycles. The number of halogens is 1. The summed E-state index contributed by atoms with van der Waals surface area (Å²) >= 11 is 1.35. The summed E-state index contributed by atoms with van der Waals surface area (Å²) < 4.78 is 13.0. The quantitative estimate of drug-likeness (QED) is 0.784. The number of amides is 2. The SMILES string of the molecule is Cc1ccc(N=C2SC(CC(=O)Nc3ccc(F)cc3)C(=O)N2C2CC2)c(C)c1. The standard InChI is InChI=1S/C22H22FN3O2S/c1-13-3-10-18(14(2)11-13)25-22-26(17-8-9-17)21(28)19(29-22)12-20(27)24-16-6-4-15(23)5-7-16/h3-7,10-11,17,19H,8-9,12H2,1-2H3,(H,24,27). The van der Waals surface area contributed by atoms with Gasteiger partial charge in [0.15, 0.2) is 5.17 Å². The number of nitrogens with zero attached hydrogens (tertiary/aromatic N) is 2. The zero-order valence-corrected chi connectivity index (χ0v) is 17.1. The lowest BCUT2D eigenvalue weighted by molar-refractivity contribution is -0.128. The lowest BCUT2D eigenvalue weighted by Crippen LogP contribution is -2.35. The van der Waals surface area contributed by atoms with Gasteiger partial charge >= 0.3 is 0 Å². The molecular weight excluding hydrogens is 389 g/mol. The first-order valence-corrected chi connectivity index (χ1v) is 10.5. The highest BCUT2D eigenvalue weighted by atomic mass is 32.2. The number of amidine groups is 1. The van der Waals surface area contributed by atoms with E-state index in [2.05, 4.69) is 11.4 Å². The fraction of sp³-hybridized carbons (Fsp3) is 0.318. The molecule has 5 nitrogen and oxygen atoms in total. The Labute approximate surface area is 173 Å². The first-order chi connectivity index (χ1) is 13.9. The van der Waals surface area contributed by atoms with Crippen molar-refractivity contribution in [3.8, 4) is 0 Å². The van der Waals surface area contributed by atoms with Crippen LogP contribution in [0.3, 0.4) is 0 Å². The van der Waals surface area contributed by atoms with Crippen molar-refractivity contribution in [2.75, 3.05) is 5.32 Å². The van der Waals surface area contributed by atoms with Gasteiger partial charge in [0.2, 0.25) is 11.8 Å². The van der Waals surface area contributed by atoms with Crippen molar-refractivity contribution in [3.05, 3.63) is 59.4 Å². The van der Waals surface area contributed by atoms with Crippen molar-refractivity contribution < 1.29 is 14.0 Å². The Balaban J connectivity index is 1.50. The Bertz CT molecular complexity index is 986. The van der Waals surface area contributed by atoms with E-state index in [4.69, 9.17) is 4.99 Å². The Morgan fingerprint density at radius 1 is 1.21 bits per heavy atom. The molecule has 150 valence electrons. The molecule has 29 heavy (non-hydrogen) atoms. The highest BCUT2D eigenvalue weighted by molar-refractivity contribution is 8.15. The Hall–Kier alpha value is -2.67.